The van der Waals surface area contributed by atoms with Crippen molar-refractivity contribution >= 4 is 87.8 Å². The third kappa shape index (κ3) is 7.87. The van der Waals surface area contributed by atoms with E-state index in [1.807, 2.05) is 165 Å². The van der Waals surface area contributed by atoms with E-state index in [-0.39, 0.29) is 0 Å². The first-order valence-corrected chi connectivity index (χ1v) is 24.4. The summed E-state index contributed by atoms with van der Waals surface area (Å²) in [4.78, 5) is 27.1. The molecule has 0 aliphatic heterocycles. The standard InChI is InChI=1S/2C29H19N3O2.2C2H6/c2*1-16-30-17(2)32-29(31-16)21-9-6-12-26-28(21)22-15-18(13-14-24(22)34-26)19-8-5-11-25-27(19)20-7-3-4-10-23(20)33-25;2*1-2/h2*3-15H,1-2H3;2*1-2H3. The molecule has 0 atom stereocenters. The number of para-hydroxylation sites is 2. The lowest BCUT2D eigenvalue weighted by atomic mass is 9.97. The molecule has 0 saturated heterocycles. The van der Waals surface area contributed by atoms with Crippen molar-refractivity contribution in [3.63, 3.8) is 0 Å². The number of furan rings is 4. The number of nitrogens with zero attached hydrogens (tertiary/aromatic N) is 6. The van der Waals surface area contributed by atoms with Crippen LogP contribution in [0, 0.1) is 27.7 Å². The molecule has 0 bridgehead atoms. The smallest absolute Gasteiger partial charge is 0.164 e. The summed E-state index contributed by atoms with van der Waals surface area (Å²) in [6.07, 6.45) is 0. The number of aryl methyl sites for hydroxylation is 4. The molecule has 0 aliphatic rings. The van der Waals surface area contributed by atoms with Crippen molar-refractivity contribution in [2.75, 3.05) is 0 Å². The third-order valence-corrected chi connectivity index (χ3v) is 12.6. The Kier molecular flexibility index (Phi) is 11.8. The average molecular weight is 943 g/mol. The molecule has 14 aromatic rings. The molecule has 0 fully saturated rings. The minimum absolute atomic E-state index is 0.659. The van der Waals surface area contributed by atoms with E-state index in [0.29, 0.717) is 34.9 Å². The van der Waals surface area contributed by atoms with E-state index in [1.54, 1.807) is 0 Å². The van der Waals surface area contributed by atoms with E-state index in [1.165, 1.54) is 0 Å². The summed E-state index contributed by atoms with van der Waals surface area (Å²) in [7, 11) is 0. The van der Waals surface area contributed by atoms with Gasteiger partial charge in [0, 0.05) is 54.2 Å². The predicted molar refractivity (Wildman–Crippen MR) is 292 cm³/mol. The van der Waals surface area contributed by atoms with Crippen molar-refractivity contribution in [2.45, 2.75) is 55.4 Å². The molecule has 0 spiro atoms. The van der Waals surface area contributed by atoms with Gasteiger partial charge in [0.1, 0.15) is 68.0 Å². The lowest BCUT2D eigenvalue weighted by Crippen LogP contribution is -1.99. The number of fused-ring (bicyclic) bond motifs is 12. The van der Waals surface area contributed by atoms with Gasteiger partial charge >= 0.3 is 0 Å². The quantitative estimate of drug-likeness (QED) is 0.168. The molecular weight excluding hydrogens is 893 g/mol. The molecular formula is C62H50N6O4. The Hall–Kier alpha value is -9.02. The molecule has 0 unspecified atom stereocenters. The summed E-state index contributed by atoms with van der Waals surface area (Å²) < 4.78 is 24.7. The van der Waals surface area contributed by atoms with E-state index in [0.717, 1.165) is 121 Å². The van der Waals surface area contributed by atoms with Crippen molar-refractivity contribution < 1.29 is 17.7 Å². The fraction of sp³-hybridized carbons (Fsp3) is 0.129. The van der Waals surface area contributed by atoms with Gasteiger partial charge in [-0.25, -0.2) is 29.9 Å². The first kappa shape index (κ1) is 45.4. The van der Waals surface area contributed by atoms with Gasteiger partial charge in [-0.3, -0.25) is 0 Å². The van der Waals surface area contributed by atoms with Crippen LogP contribution >= 0.6 is 0 Å². The minimum Gasteiger partial charge on any atom is -0.456 e. The SMILES string of the molecule is CC.CC.Cc1nc(C)nc(-c2cccc3oc4ccc(-c5cccc6oc7ccccc7c56)cc4c23)n1.Cc1nc(C)nc(-c2cccc3oc4ccc(-c5cccc6oc7ccccc7c56)cc4c23)n1. The second kappa shape index (κ2) is 18.7. The molecule has 0 radical (unpaired) electrons. The lowest BCUT2D eigenvalue weighted by Gasteiger charge is -2.06. The summed E-state index contributed by atoms with van der Waals surface area (Å²) in [6.45, 7) is 15.6. The van der Waals surface area contributed by atoms with Crippen LogP contribution in [0.25, 0.3) is 133 Å². The van der Waals surface area contributed by atoms with E-state index in [4.69, 9.17) is 17.7 Å². The van der Waals surface area contributed by atoms with Crippen LogP contribution in [-0.4, -0.2) is 29.9 Å². The highest BCUT2D eigenvalue weighted by atomic mass is 16.3. The van der Waals surface area contributed by atoms with Gasteiger partial charge < -0.3 is 17.7 Å². The molecule has 6 heterocycles. The summed E-state index contributed by atoms with van der Waals surface area (Å²) in [5.41, 5.74) is 13.2. The largest absolute Gasteiger partial charge is 0.456 e. The number of rotatable bonds is 4. The van der Waals surface area contributed by atoms with Crippen LogP contribution in [0.15, 0.2) is 175 Å². The number of hydrogen-bond donors (Lipinski definition) is 0. The first-order chi connectivity index (χ1) is 35.3. The Balaban J connectivity index is 0.000000146. The number of aromatic nitrogens is 6. The zero-order chi connectivity index (χ0) is 49.6. The van der Waals surface area contributed by atoms with Gasteiger partial charge in [0.15, 0.2) is 11.6 Å². The van der Waals surface area contributed by atoms with Gasteiger partial charge in [-0.15, -0.1) is 0 Å². The maximum atomic E-state index is 6.22. The maximum Gasteiger partial charge on any atom is 0.164 e. The zero-order valence-corrected chi connectivity index (χ0v) is 41.3. The Morgan fingerprint density at radius 2 is 0.556 bits per heavy atom. The van der Waals surface area contributed by atoms with Crippen LogP contribution in [-0.2, 0) is 0 Å². The highest BCUT2D eigenvalue weighted by Crippen LogP contribution is 2.43. The van der Waals surface area contributed by atoms with Crippen molar-refractivity contribution in [2.24, 2.45) is 0 Å². The van der Waals surface area contributed by atoms with Crippen LogP contribution in [0.1, 0.15) is 51.0 Å². The fourth-order valence-corrected chi connectivity index (χ4v) is 9.86. The molecule has 0 amide bonds. The normalized spacial score (nSPS) is 11.3. The van der Waals surface area contributed by atoms with Gasteiger partial charge in [0.2, 0.25) is 0 Å². The molecule has 10 heteroatoms. The highest BCUT2D eigenvalue weighted by Gasteiger charge is 2.20. The summed E-state index contributed by atoms with van der Waals surface area (Å²) in [6, 6.07) is 53.5. The molecule has 14 rings (SSSR count). The Morgan fingerprint density at radius 1 is 0.264 bits per heavy atom. The van der Waals surface area contributed by atoms with Gasteiger partial charge in [-0.05, 0) is 111 Å². The maximum absolute atomic E-state index is 6.22. The minimum atomic E-state index is 0.659. The van der Waals surface area contributed by atoms with Gasteiger partial charge in [-0.1, -0.05) is 125 Å². The summed E-state index contributed by atoms with van der Waals surface area (Å²) in [5, 5.41) is 8.54. The van der Waals surface area contributed by atoms with Gasteiger partial charge in [0.25, 0.3) is 0 Å². The molecule has 10 nitrogen and oxygen atoms in total. The number of hydrogen-bond acceptors (Lipinski definition) is 10. The third-order valence-electron chi connectivity index (χ3n) is 12.6. The van der Waals surface area contributed by atoms with Crippen molar-refractivity contribution in [3.8, 4) is 45.0 Å². The van der Waals surface area contributed by atoms with Crippen LogP contribution < -0.4 is 0 Å². The monoisotopic (exact) mass is 942 g/mol. The summed E-state index contributed by atoms with van der Waals surface area (Å²) >= 11 is 0. The van der Waals surface area contributed by atoms with Gasteiger partial charge in [-0.2, -0.15) is 0 Å². The molecule has 0 aliphatic carbocycles. The molecule has 0 saturated carbocycles. The van der Waals surface area contributed by atoms with Crippen LogP contribution in [0.3, 0.4) is 0 Å². The predicted octanol–water partition coefficient (Wildman–Crippen LogP) is 17.3. The van der Waals surface area contributed by atoms with E-state index < -0.39 is 0 Å². The van der Waals surface area contributed by atoms with Gasteiger partial charge in [0.05, 0.1) is 0 Å². The highest BCUT2D eigenvalue weighted by molar-refractivity contribution is 6.17. The Morgan fingerprint density at radius 3 is 0.917 bits per heavy atom. The fourth-order valence-electron chi connectivity index (χ4n) is 9.86. The Bertz CT molecular complexity index is 4030. The lowest BCUT2D eigenvalue weighted by molar-refractivity contribution is 0.668. The number of benzene rings is 8. The molecule has 0 N–H and O–H groups in total. The molecule has 352 valence electrons. The van der Waals surface area contributed by atoms with Crippen LogP contribution in [0.5, 0.6) is 0 Å². The first-order valence-electron chi connectivity index (χ1n) is 24.4. The second-order valence-electron chi connectivity index (χ2n) is 17.0. The van der Waals surface area contributed by atoms with Crippen molar-refractivity contribution in [1.82, 2.24) is 29.9 Å². The second-order valence-corrected chi connectivity index (χ2v) is 17.0. The average Bonchev–Trinajstić information content (AvgIpc) is 4.19. The van der Waals surface area contributed by atoms with E-state index in [9.17, 15) is 0 Å². The molecule has 6 aromatic heterocycles. The zero-order valence-electron chi connectivity index (χ0n) is 41.3. The van der Waals surface area contributed by atoms with Crippen molar-refractivity contribution in [1.29, 1.82) is 0 Å². The topological polar surface area (TPSA) is 130 Å². The Labute approximate surface area is 415 Å². The van der Waals surface area contributed by atoms with E-state index >= 15 is 0 Å². The molecule has 72 heavy (non-hydrogen) atoms. The molecule has 8 aromatic carbocycles. The van der Waals surface area contributed by atoms with Crippen LogP contribution in [0.2, 0.25) is 0 Å². The summed E-state index contributed by atoms with van der Waals surface area (Å²) in [5.74, 6) is 4.12. The van der Waals surface area contributed by atoms with Crippen LogP contribution in [0.4, 0.5) is 0 Å². The van der Waals surface area contributed by atoms with E-state index in [2.05, 4.69) is 78.4 Å². The van der Waals surface area contributed by atoms with Crippen molar-refractivity contribution in [3.05, 3.63) is 181 Å².